The van der Waals surface area contributed by atoms with Crippen molar-refractivity contribution in [2.75, 3.05) is 0 Å². The van der Waals surface area contributed by atoms with E-state index in [9.17, 15) is 0 Å². The second-order valence-electron chi connectivity index (χ2n) is 3.58. The second kappa shape index (κ2) is 4.02. The van der Waals surface area contributed by atoms with Gasteiger partial charge in [-0.1, -0.05) is 35.3 Å². The maximum atomic E-state index is 5.97. The molecule has 0 unspecified atom stereocenters. The molecule has 3 rings (SSSR count). The molecule has 0 aliphatic carbocycles. The van der Waals surface area contributed by atoms with Crippen LogP contribution in [0.5, 0.6) is 0 Å². The van der Waals surface area contributed by atoms with Gasteiger partial charge in [-0.2, -0.15) is 0 Å². The highest BCUT2D eigenvalue weighted by Crippen LogP contribution is 2.23. The minimum atomic E-state index is 0.396. The van der Waals surface area contributed by atoms with E-state index < -0.39 is 0 Å². The molecule has 0 N–H and O–H groups in total. The Morgan fingerprint density at radius 2 is 1.82 bits per heavy atom. The van der Waals surface area contributed by atoms with Crippen LogP contribution in [-0.2, 0) is 0 Å². The molecule has 2 heterocycles. The molecule has 0 aliphatic heterocycles. The molecule has 0 saturated heterocycles. The van der Waals surface area contributed by atoms with Gasteiger partial charge in [0.1, 0.15) is 0 Å². The lowest BCUT2D eigenvalue weighted by Gasteiger charge is -1.94. The van der Waals surface area contributed by atoms with E-state index in [0.29, 0.717) is 15.8 Å². The number of aromatic nitrogens is 3. The molecule has 2 aromatic heterocycles. The Kier molecular flexibility index (Phi) is 2.50. The van der Waals surface area contributed by atoms with Gasteiger partial charge in [-0.05, 0) is 12.1 Å². The summed E-state index contributed by atoms with van der Waals surface area (Å²) < 4.78 is 1.85. The Morgan fingerprint density at radius 1 is 1.06 bits per heavy atom. The van der Waals surface area contributed by atoms with Gasteiger partial charge in [0.2, 0.25) is 0 Å². The van der Waals surface area contributed by atoms with Crippen LogP contribution < -0.4 is 0 Å². The summed E-state index contributed by atoms with van der Waals surface area (Å²) in [6.07, 6.45) is 5.36. The van der Waals surface area contributed by atoms with E-state index in [1.54, 1.807) is 6.20 Å². The summed E-state index contributed by atoms with van der Waals surface area (Å²) in [5.41, 5.74) is 2.49. The van der Waals surface area contributed by atoms with E-state index in [-0.39, 0.29) is 0 Å². The van der Waals surface area contributed by atoms with Gasteiger partial charge in [0.25, 0.3) is 0 Å². The highest BCUT2D eigenvalue weighted by Gasteiger charge is 2.07. The molecule has 5 heteroatoms. The highest BCUT2D eigenvalue weighted by atomic mass is 35.5. The van der Waals surface area contributed by atoms with Crippen LogP contribution >= 0.6 is 23.2 Å². The van der Waals surface area contributed by atoms with Crippen LogP contribution in [0.25, 0.3) is 16.9 Å². The first-order valence-corrected chi connectivity index (χ1v) is 5.75. The predicted molar refractivity (Wildman–Crippen MR) is 68.4 cm³/mol. The molecule has 0 fully saturated rings. The zero-order chi connectivity index (χ0) is 11.8. The van der Waals surface area contributed by atoms with E-state index in [2.05, 4.69) is 9.97 Å². The molecular formula is C12H7Cl2N3. The van der Waals surface area contributed by atoms with Crippen molar-refractivity contribution in [3.8, 4) is 11.3 Å². The molecule has 17 heavy (non-hydrogen) atoms. The molecule has 3 nitrogen and oxygen atoms in total. The third-order valence-corrected chi connectivity index (χ3v) is 2.99. The first-order valence-electron chi connectivity index (χ1n) is 4.99. The van der Waals surface area contributed by atoms with Gasteiger partial charge < -0.3 is 4.40 Å². The quantitative estimate of drug-likeness (QED) is 0.670. The maximum Gasteiger partial charge on any atom is 0.175 e. The fourth-order valence-corrected chi connectivity index (χ4v) is 1.97. The molecule has 0 amide bonds. The van der Waals surface area contributed by atoms with Crippen LogP contribution in [0.15, 0.2) is 42.9 Å². The van der Waals surface area contributed by atoms with Crippen molar-refractivity contribution >= 4 is 28.8 Å². The lowest BCUT2D eigenvalue weighted by Crippen LogP contribution is -1.84. The number of fused-ring (bicyclic) bond motifs is 1. The van der Waals surface area contributed by atoms with E-state index in [1.807, 2.05) is 41.1 Å². The second-order valence-corrected chi connectivity index (χ2v) is 4.38. The smallest absolute Gasteiger partial charge is 0.175 e. The minimum Gasteiger partial charge on any atom is -0.302 e. The first kappa shape index (κ1) is 10.6. The van der Waals surface area contributed by atoms with Crippen molar-refractivity contribution in [2.24, 2.45) is 0 Å². The van der Waals surface area contributed by atoms with Crippen molar-refractivity contribution in [1.29, 1.82) is 0 Å². The molecule has 0 radical (unpaired) electrons. The summed E-state index contributed by atoms with van der Waals surface area (Å²) in [5.74, 6) is 0. The summed E-state index contributed by atoms with van der Waals surface area (Å²) in [4.78, 5) is 8.43. The van der Waals surface area contributed by atoms with Crippen molar-refractivity contribution in [3.63, 3.8) is 0 Å². The topological polar surface area (TPSA) is 30.2 Å². The average molecular weight is 264 g/mol. The standard InChI is InChI=1S/C12H7Cl2N3/c13-9-3-1-8(2-4-9)10-7-17-6-5-15-11(14)12(17)16-10/h1-7H. The van der Waals surface area contributed by atoms with Crippen LogP contribution in [0.3, 0.4) is 0 Å². The van der Waals surface area contributed by atoms with Gasteiger partial charge in [0.05, 0.1) is 5.69 Å². The first-order chi connectivity index (χ1) is 8.24. The lowest BCUT2D eigenvalue weighted by atomic mass is 10.2. The van der Waals surface area contributed by atoms with E-state index in [4.69, 9.17) is 23.2 Å². The lowest BCUT2D eigenvalue weighted by molar-refractivity contribution is 1.13. The summed E-state index contributed by atoms with van der Waals surface area (Å²) in [6.45, 7) is 0. The normalized spacial score (nSPS) is 10.9. The highest BCUT2D eigenvalue weighted by molar-refractivity contribution is 6.32. The summed E-state index contributed by atoms with van der Waals surface area (Å²) in [7, 11) is 0. The molecule has 1 aromatic carbocycles. The molecule has 0 saturated carbocycles. The van der Waals surface area contributed by atoms with E-state index >= 15 is 0 Å². The third-order valence-electron chi connectivity index (χ3n) is 2.47. The van der Waals surface area contributed by atoms with Crippen LogP contribution in [0.2, 0.25) is 10.2 Å². The fraction of sp³-hybridized carbons (Fsp3) is 0. The Balaban J connectivity index is 2.18. The zero-order valence-corrected chi connectivity index (χ0v) is 10.2. The van der Waals surface area contributed by atoms with Crippen LogP contribution in [0.1, 0.15) is 0 Å². The number of hydrogen-bond donors (Lipinski definition) is 0. The van der Waals surface area contributed by atoms with E-state index in [1.165, 1.54) is 0 Å². The number of halogens is 2. The van der Waals surface area contributed by atoms with Gasteiger partial charge in [-0.25, -0.2) is 9.97 Å². The molecule has 0 aliphatic rings. The summed E-state index contributed by atoms with van der Waals surface area (Å²) in [5, 5.41) is 1.10. The van der Waals surface area contributed by atoms with Crippen LogP contribution in [0, 0.1) is 0 Å². The van der Waals surface area contributed by atoms with Crippen molar-refractivity contribution in [3.05, 3.63) is 53.0 Å². The third kappa shape index (κ3) is 1.88. The SMILES string of the molecule is Clc1ccc(-c2cn3ccnc(Cl)c3n2)cc1. The number of nitrogens with zero attached hydrogens (tertiary/aromatic N) is 3. The zero-order valence-electron chi connectivity index (χ0n) is 8.64. The predicted octanol–water partition coefficient (Wildman–Crippen LogP) is 3.70. The van der Waals surface area contributed by atoms with Gasteiger partial charge in [0, 0.05) is 29.2 Å². The Morgan fingerprint density at radius 3 is 2.53 bits per heavy atom. The summed E-state index contributed by atoms with van der Waals surface area (Å²) >= 11 is 11.8. The minimum absolute atomic E-state index is 0.396. The van der Waals surface area contributed by atoms with Gasteiger partial charge in [-0.15, -0.1) is 0 Å². The number of imidazole rings is 1. The number of benzene rings is 1. The molecule has 0 spiro atoms. The van der Waals surface area contributed by atoms with Crippen LogP contribution in [-0.4, -0.2) is 14.4 Å². The largest absolute Gasteiger partial charge is 0.302 e. The molecule has 84 valence electrons. The number of hydrogen-bond acceptors (Lipinski definition) is 2. The maximum absolute atomic E-state index is 5.97. The van der Waals surface area contributed by atoms with Gasteiger partial charge in [0.15, 0.2) is 10.8 Å². The Bertz CT molecular complexity index is 674. The molecule has 3 aromatic rings. The van der Waals surface area contributed by atoms with Crippen molar-refractivity contribution in [1.82, 2.24) is 14.4 Å². The molecule has 0 bridgehead atoms. The number of rotatable bonds is 1. The van der Waals surface area contributed by atoms with Crippen molar-refractivity contribution in [2.45, 2.75) is 0 Å². The van der Waals surface area contributed by atoms with Gasteiger partial charge in [-0.3, -0.25) is 0 Å². The monoisotopic (exact) mass is 263 g/mol. The van der Waals surface area contributed by atoms with Crippen LogP contribution in [0.4, 0.5) is 0 Å². The van der Waals surface area contributed by atoms with E-state index in [0.717, 1.165) is 11.3 Å². The molecule has 0 atom stereocenters. The van der Waals surface area contributed by atoms with Crippen molar-refractivity contribution < 1.29 is 0 Å². The summed E-state index contributed by atoms with van der Waals surface area (Å²) in [6, 6.07) is 7.51. The van der Waals surface area contributed by atoms with Gasteiger partial charge >= 0.3 is 0 Å². The fourth-order valence-electron chi connectivity index (χ4n) is 1.65. The average Bonchev–Trinajstić information content (AvgIpc) is 2.75. The molecular weight excluding hydrogens is 257 g/mol. The Hall–Kier alpha value is -1.58. The Labute approximate surface area is 108 Å².